The molecule has 2 aromatic carbocycles. The third kappa shape index (κ3) is 8.94. The van der Waals surface area contributed by atoms with Gasteiger partial charge in [0.1, 0.15) is 17.3 Å². The van der Waals surface area contributed by atoms with Gasteiger partial charge < -0.3 is 28.9 Å². The van der Waals surface area contributed by atoms with Gasteiger partial charge in [0.25, 0.3) is 0 Å². The lowest BCUT2D eigenvalue weighted by atomic mass is 9.84. The minimum absolute atomic E-state index is 0.274. The van der Waals surface area contributed by atoms with Crippen molar-refractivity contribution in [3.05, 3.63) is 95.7 Å². The van der Waals surface area contributed by atoms with Crippen molar-refractivity contribution in [3.8, 4) is 22.4 Å². The molecule has 48 heavy (non-hydrogen) atoms. The minimum atomic E-state index is -1.47. The highest BCUT2D eigenvalue weighted by Gasteiger charge is 2.28. The number of ether oxygens (including phenoxy) is 2. The molecule has 4 aromatic rings. The highest BCUT2D eigenvalue weighted by Crippen LogP contribution is 2.41. The third-order valence-electron chi connectivity index (χ3n) is 8.11. The summed E-state index contributed by atoms with van der Waals surface area (Å²) in [4.78, 5) is 28.2. The Kier molecular flexibility index (Phi) is 12.6. The van der Waals surface area contributed by atoms with Gasteiger partial charge in [-0.3, -0.25) is 9.78 Å². The highest BCUT2D eigenvalue weighted by molar-refractivity contribution is 7.89. The van der Waals surface area contributed by atoms with E-state index in [9.17, 15) is 13.8 Å². The number of allylic oxidation sites excluding steroid dienone is 2. The second-order valence-corrected chi connectivity index (χ2v) is 13.5. The van der Waals surface area contributed by atoms with Crippen molar-refractivity contribution in [2.45, 2.75) is 59.7 Å². The quantitative estimate of drug-likeness (QED) is 0.0725. The Labute approximate surface area is 286 Å². The summed E-state index contributed by atoms with van der Waals surface area (Å²) >= 11 is 0. The van der Waals surface area contributed by atoms with Crippen LogP contribution in [0.25, 0.3) is 33.3 Å². The van der Waals surface area contributed by atoms with Crippen molar-refractivity contribution in [2.75, 3.05) is 25.5 Å². The molecule has 0 spiro atoms. The van der Waals surface area contributed by atoms with Gasteiger partial charge in [-0.05, 0) is 85.5 Å². The van der Waals surface area contributed by atoms with Gasteiger partial charge >= 0.3 is 5.97 Å². The second kappa shape index (κ2) is 16.6. The molecule has 254 valence electrons. The van der Waals surface area contributed by atoms with Crippen LogP contribution in [-0.2, 0) is 56.0 Å². The number of aromatic nitrogens is 2. The first kappa shape index (κ1) is 36.5. The molecule has 9 nitrogen and oxygen atoms in total. The first-order valence-corrected chi connectivity index (χ1v) is 17.2. The maximum Gasteiger partial charge on any atom is 0.302 e. The molecule has 2 N–H and O–H groups in total. The van der Waals surface area contributed by atoms with Gasteiger partial charge in [-0.15, -0.1) is 0 Å². The number of hydrogen-bond donors (Lipinski definition) is 2. The van der Waals surface area contributed by atoms with Gasteiger partial charge in [0.15, 0.2) is 0 Å². The summed E-state index contributed by atoms with van der Waals surface area (Å²) in [5, 5.41) is 5.65. The summed E-state index contributed by atoms with van der Waals surface area (Å²) in [7, 11) is 1.95. The lowest BCUT2D eigenvalue weighted by molar-refractivity contribution is -0.143. The number of benzene rings is 2. The van der Waals surface area contributed by atoms with Gasteiger partial charge in [0.2, 0.25) is 0 Å². The van der Waals surface area contributed by atoms with Crippen LogP contribution in [0, 0.1) is 5.41 Å². The largest absolute Gasteiger partial charge is 0.465 e. The number of esters is 1. The molecular formula is C38H46N4O5S. The van der Waals surface area contributed by atoms with Crippen molar-refractivity contribution in [1.82, 2.24) is 14.9 Å². The van der Waals surface area contributed by atoms with E-state index in [1.54, 1.807) is 32.5 Å². The van der Waals surface area contributed by atoms with Gasteiger partial charge in [-0.1, -0.05) is 44.7 Å². The number of aryl methyl sites for hydroxylation is 1. The first-order chi connectivity index (χ1) is 23.0. The predicted molar refractivity (Wildman–Crippen MR) is 195 cm³/mol. The topological polar surface area (TPSA) is 112 Å². The zero-order chi connectivity index (χ0) is 34.8. The fourth-order valence-corrected chi connectivity index (χ4v) is 6.61. The van der Waals surface area contributed by atoms with Crippen molar-refractivity contribution < 1.29 is 23.3 Å². The zero-order valence-corrected chi connectivity index (χ0v) is 29.5. The number of hydrogen-bond acceptors (Lipinski definition) is 7. The first-order valence-electron chi connectivity index (χ1n) is 16.0. The van der Waals surface area contributed by atoms with E-state index < -0.39 is 11.0 Å². The van der Waals surface area contributed by atoms with Gasteiger partial charge in [-0.25, -0.2) is 4.21 Å². The average Bonchev–Trinajstić information content (AvgIpc) is 3.37. The van der Waals surface area contributed by atoms with Crippen molar-refractivity contribution in [2.24, 2.45) is 5.41 Å². The Morgan fingerprint density at radius 1 is 1.17 bits per heavy atom. The number of fused-ring (bicyclic) bond motifs is 1. The number of methoxy groups -OCH3 is 1. The Hall–Kier alpha value is -4.38. The summed E-state index contributed by atoms with van der Waals surface area (Å²) in [6.45, 7) is 12.8. The van der Waals surface area contributed by atoms with Crippen LogP contribution in [0.4, 0.5) is 5.69 Å². The number of aldehydes is 1. The third-order valence-corrected chi connectivity index (χ3v) is 8.95. The Balaban J connectivity index is 1.96. The molecule has 0 saturated heterocycles. The van der Waals surface area contributed by atoms with E-state index in [0.29, 0.717) is 25.1 Å². The number of nitrogens with one attached hydrogen (secondary N) is 2. The van der Waals surface area contributed by atoms with E-state index in [-0.39, 0.29) is 24.0 Å². The van der Waals surface area contributed by atoms with Crippen LogP contribution < -0.4 is 10.0 Å². The van der Waals surface area contributed by atoms with Crippen molar-refractivity contribution in [1.29, 1.82) is 0 Å². The second-order valence-electron chi connectivity index (χ2n) is 12.5. The number of rotatable bonds is 17. The van der Waals surface area contributed by atoms with Crippen molar-refractivity contribution >= 4 is 39.8 Å². The van der Waals surface area contributed by atoms with E-state index in [1.807, 2.05) is 18.2 Å². The summed E-state index contributed by atoms with van der Waals surface area (Å²) in [6, 6.07) is 16.1. The van der Waals surface area contributed by atoms with E-state index in [0.717, 1.165) is 62.9 Å². The molecule has 0 fully saturated rings. The number of nitrogens with zero attached hydrogens (tertiary/aromatic N) is 2. The average molecular weight is 671 g/mol. The lowest BCUT2D eigenvalue weighted by Gasteiger charge is -2.25. The zero-order valence-electron chi connectivity index (χ0n) is 28.7. The van der Waals surface area contributed by atoms with Crippen LogP contribution in [0.5, 0.6) is 0 Å². The molecular weight excluding hydrogens is 625 g/mol. The Bertz CT molecular complexity index is 1830. The maximum atomic E-state index is 12.7. The van der Waals surface area contributed by atoms with Crippen molar-refractivity contribution in [3.63, 3.8) is 0 Å². The minimum Gasteiger partial charge on any atom is -0.465 e. The molecule has 0 aliphatic heterocycles. The molecule has 2 heterocycles. The molecule has 0 saturated carbocycles. The van der Waals surface area contributed by atoms with E-state index in [1.165, 1.54) is 12.3 Å². The summed E-state index contributed by atoms with van der Waals surface area (Å²) < 4.78 is 29.2. The fourth-order valence-electron chi connectivity index (χ4n) is 5.94. The van der Waals surface area contributed by atoms with Gasteiger partial charge in [-0.2, -0.15) is 0 Å². The monoisotopic (exact) mass is 670 g/mol. The summed E-state index contributed by atoms with van der Waals surface area (Å²) in [6.07, 6.45) is 6.98. The van der Waals surface area contributed by atoms with Gasteiger partial charge in [0.05, 0.1) is 30.6 Å². The van der Waals surface area contributed by atoms with Crippen LogP contribution in [0.15, 0.2) is 78.9 Å². The summed E-state index contributed by atoms with van der Waals surface area (Å²) in [5.41, 5.74) is 8.19. The highest BCUT2D eigenvalue weighted by atomic mass is 32.2. The Morgan fingerprint density at radius 2 is 1.96 bits per heavy atom. The van der Waals surface area contributed by atoms with Gasteiger partial charge in [0, 0.05) is 59.8 Å². The van der Waals surface area contributed by atoms with Crippen LogP contribution >= 0.6 is 0 Å². The molecule has 0 bridgehead atoms. The van der Waals surface area contributed by atoms with Crippen LogP contribution in [0.2, 0.25) is 0 Å². The van der Waals surface area contributed by atoms with Crippen LogP contribution in [0.1, 0.15) is 44.5 Å². The molecule has 4 rings (SSSR count). The number of pyridine rings is 1. The molecule has 2 aromatic heterocycles. The van der Waals surface area contributed by atoms with E-state index in [2.05, 4.69) is 77.3 Å². The number of anilines is 1. The molecule has 10 heteroatoms. The maximum absolute atomic E-state index is 12.7. The lowest BCUT2D eigenvalue weighted by Crippen LogP contribution is -2.28. The van der Waals surface area contributed by atoms with Crippen LogP contribution in [0.3, 0.4) is 0 Å². The molecule has 0 amide bonds. The molecule has 0 radical (unpaired) electrons. The molecule has 2 unspecified atom stereocenters. The van der Waals surface area contributed by atoms with Crippen LogP contribution in [-0.4, -0.2) is 52.8 Å². The normalized spacial score (nSPS) is 13.0. The Morgan fingerprint density at radius 3 is 2.62 bits per heavy atom. The fraction of sp³-hybridized carbons (Fsp3) is 0.342. The van der Waals surface area contributed by atoms with E-state index in [4.69, 9.17) is 9.47 Å². The smallest absolute Gasteiger partial charge is 0.302 e. The predicted octanol–water partition coefficient (Wildman–Crippen LogP) is 6.77. The molecule has 2 atom stereocenters. The molecule has 0 aliphatic rings. The van der Waals surface area contributed by atoms with E-state index >= 15 is 0 Å². The number of carbonyl (C=O) groups excluding carboxylic acids is 2. The summed E-state index contributed by atoms with van der Waals surface area (Å²) in [5.74, 6) is -0.309. The molecule has 0 aliphatic carbocycles. The number of likely N-dealkylation sites (N-methyl/N-ethyl adjacent to an activating group) is 1. The SMILES string of the molecule is C=C/C=C\S(=O)Nc1cc(CC(C=O)NC)cc(-c2ccc3c(c2)c(CC(C)(C)COC(C)=O)c(-c2cccnc2COC)n3CC)c1. The number of carbonyl (C=O) groups is 2. The standard InChI is InChI=1S/C38H46N4O5S/c1-8-10-16-48(45)41-30-18-27(19-31(23-43)39-6)17-29(20-30)28-13-14-36-33(21-28)34(22-38(4,5)25-47-26(3)44)37(42(36)9-2)32-12-11-15-40-35(32)24-46-7/h8,10-18,20-21,23,31,39,41H,1,9,19,22,24-25H2,2-7H3/b16-10-.